The van der Waals surface area contributed by atoms with Crippen LogP contribution < -0.4 is 16.2 Å². The van der Waals surface area contributed by atoms with Crippen molar-refractivity contribution in [1.29, 1.82) is 0 Å². The van der Waals surface area contributed by atoms with Crippen molar-refractivity contribution in [3.8, 4) is 0 Å². The molecule has 0 spiro atoms. The molecule has 0 bridgehead atoms. The van der Waals surface area contributed by atoms with E-state index in [-0.39, 0.29) is 16.9 Å². The Morgan fingerprint density at radius 1 is 1.12 bits per heavy atom. The SMILES string of the molecule is CC(C)(C)C1(C)C=c2ccccc2=CC1N. The molecule has 1 aliphatic carbocycles. The van der Waals surface area contributed by atoms with E-state index < -0.39 is 0 Å². The van der Waals surface area contributed by atoms with E-state index in [0.717, 1.165) is 0 Å². The Labute approximate surface area is 97.7 Å². The van der Waals surface area contributed by atoms with E-state index in [1.165, 1.54) is 10.4 Å². The fraction of sp³-hybridized carbons (Fsp3) is 0.467. The van der Waals surface area contributed by atoms with Crippen molar-refractivity contribution in [3.05, 3.63) is 34.7 Å². The second-order valence-electron chi connectivity index (χ2n) is 6.00. The van der Waals surface area contributed by atoms with Gasteiger partial charge < -0.3 is 5.73 Å². The van der Waals surface area contributed by atoms with E-state index in [0.29, 0.717) is 0 Å². The Hall–Kier alpha value is -1.08. The molecule has 0 aliphatic heterocycles. The summed E-state index contributed by atoms with van der Waals surface area (Å²) in [5, 5.41) is 2.57. The Bertz CT molecular complexity index is 507. The Kier molecular flexibility index (Phi) is 2.47. The average molecular weight is 215 g/mol. The van der Waals surface area contributed by atoms with Crippen LogP contribution in [0.2, 0.25) is 0 Å². The normalized spacial score (nSPS) is 28.9. The summed E-state index contributed by atoms with van der Waals surface area (Å²) in [6.07, 6.45) is 4.54. The maximum atomic E-state index is 6.33. The number of rotatable bonds is 0. The van der Waals surface area contributed by atoms with Crippen LogP contribution in [0, 0.1) is 10.8 Å². The van der Waals surface area contributed by atoms with Crippen molar-refractivity contribution in [2.75, 3.05) is 0 Å². The lowest BCUT2D eigenvalue weighted by atomic mass is 9.62. The fourth-order valence-electron chi connectivity index (χ4n) is 2.30. The second kappa shape index (κ2) is 3.46. The highest BCUT2D eigenvalue weighted by atomic mass is 14.7. The quantitative estimate of drug-likeness (QED) is 0.699. The van der Waals surface area contributed by atoms with Crippen LogP contribution in [-0.4, -0.2) is 6.04 Å². The molecule has 16 heavy (non-hydrogen) atoms. The first-order valence-corrected chi connectivity index (χ1v) is 5.90. The molecule has 0 amide bonds. The van der Waals surface area contributed by atoms with E-state index in [9.17, 15) is 0 Å². The van der Waals surface area contributed by atoms with E-state index >= 15 is 0 Å². The van der Waals surface area contributed by atoms with Crippen LogP contribution in [0.25, 0.3) is 12.2 Å². The second-order valence-corrected chi connectivity index (χ2v) is 6.00. The van der Waals surface area contributed by atoms with Gasteiger partial charge in [0.15, 0.2) is 0 Å². The highest BCUT2D eigenvalue weighted by molar-refractivity contribution is 5.50. The minimum atomic E-state index is 0.0152. The van der Waals surface area contributed by atoms with Gasteiger partial charge in [-0.15, -0.1) is 0 Å². The predicted molar refractivity (Wildman–Crippen MR) is 70.2 cm³/mol. The zero-order chi connectivity index (χ0) is 12.0. The van der Waals surface area contributed by atoms with Gasteiger partial charge in [0.25, 0.3) is 0 Å². The monoisotopic (exact) mass is 215 g/mol. The molecule has 1 aliphatic rings. The van der Waals surface area contributed by atoms with Crippen LogP contribution in [0.4, 0.5) is 0 Å². The highest BCUT2D eigenvalue weighted by Gasteiger charge is 2.40. The molecular weight excluding hydrogens is 194 g/mol. The number of fused-ring (bicyclic) bond motifs is 1. The zero-order valence-corrected chi connectivity index (χ0v) is 10.6. The standard InChI is InChI=1S/C15H21N/c1-14(2,3)15(4)10-12-8-6-5-7-11(12)9-13(15)16/h5-10,13H,16H2,1-4H3. The van der Waals surface area contributed by atoms with Crippen molar-refractivity contribution in [1.82, 2.24) is 0 Å². The Morgan fingerprint density at radius 2 is 1.69 bits per heavy atom. The molecule has 0 saturated carbocycles. The van der Waals surface area contributed by atoms with Gasteiger partial charge in [-0.25, -0.2) is 0 Å². The minimum absolute atomic E-state index is 0.0152. The van der Waals surface area contributed by atoms with Gasteiger partial charge in [-0.1, -0.05) is 64.1 Å². The van der Waals surface area contributed by atoms with Crippen LogP contribution >= 0.6 is 0 Å². The summed E-state index contributed by atoms with van der Waals surface area (Å²) in [5.74, 6) is 0. The van der Waals surface area contributed by atoms with Crippen molar-refractivity contribution < 1.29 is 0 Å². The van der Waals surface area contributed by atoms with E-state index in [1.807, 2.05) is 0 Å². The lowest BCUT2D eigenvalue weighted by Gasteiger charge is -2.44. The van der Waals surface area contributed by atoms with Gasteiger partial charge in [-0.05, 0) is 15.9 Å². The molecule has 2 rings (SSSR count). The van der Waals surface area contributed by atoms with Gasteiger partial charge in [-0.3, -0.25) is 0 Å². The van der Waals surface area contributed by atoms with Gasteiger partial charge in [0, 0.05) is 11.5 Å². The summed E-state index contributed by atoms with van der Waals surface area (Å²) < 4.78 is 0. The largest absolute Gasteiger partial charge is 0.324 e. The van der Waals surface area contributed by atoms with E-state index in [2.05, 4.69) is 64.1 Å². The molecule has 0 saturated heterocycles. The molecule has 1 heteroatoms. The third kappa shape index (κ3) is 1.60. The summed E-state index contributed by atoms with van der Waals surface area (Å²) in [7, 11) is 0. The molecule has 2 N–H and O–H groups in total. The van der Waals surface area contributed by atoms with Crippen LogP contribution in [0.1, 0.15) is 27.7 Å². The number of nitrogens with two attached hydrogens (primary N) is 1. The van der Waals surface area contributed by atoms with Gasteiger partial charge in [0.2, 0.25) is 0 Å². The molecule has 2 atom stereocenters. The Balaban J connectivity index is 2.69. The van der Waals surface area contributed by atoms with Crippen molar-refractivity contribution in [2.24, 2.45) is 16.6 Å². The lowest BCUT2D eigenvalue weighted by molar-refractivity contribution is 0.173. The first kappa shape index (κ1) is 11.4. The van der Waals surface area contributed by atoms with Crippen LogP contribution in [0.3, 0.4) is 0 Å². The van der Waals surface area contributed by atoms with Gasteiger partial charge in [0.05, 0.1) is 0 Å². The third-order valence-electron chi connectivity index (χ3n) is 4.12. The third-order valence-corrected chi connectivity index (χ3v) is 4.12. The molecule has 0 fully saturated rings. The molecule has 86 valence electrons. The van der Waals surface area contributed by atoms with Gasteiger partial charge in [-0.2, -0.15) is 0 Å². The van der Waals surface area contributed by atoms with E-state index in [4.69, 9.17) is 5.73 Å². The smallest absolute Gasteiger partial charge is 0.0328 e. The lowest BCUT2D eigenvalue weighted by Crippen LogP contribution is -2.51. The number of hydrogen-bond acceptors (Lipinski definition) is 1. The van der Waals surface area contributed by atoms with Crippen molar-refractivity contribution in [3.63, 3.8) is 0 Å². The molecule has 0 heterocycles. The van der Waals surface area contributed by atoms with Gasteiger partial charge in [0.1, 0.15) is 0 Å². The van der Waals surface area contributed by atoms with Crippen LogP contribution in [-0.2, 0) is 0 Å². The predicted octanol–water partition coefficient (Wildman–Crippen LogP) is 1.64. The van der Waals surface area contributed by atoms with E-state index in [1.54, 1.807) is 0 Å². The first-order chi connectivity index (χ1) is 7.34. The topological polar surface area (TPSA) is 26.0 Å². The van der Waals surface area contributed by atoms with Crippen molar-refractivity contribution >= 4 is 12.2 Å². The summed E-state index contributed by atoms with van der Waals surface area (Å²) in [5.41, 5.74) is 6.51. The Morgan fingerprint density at radius 3 is 2.25 bits per heavy atom. The highest BCUT2D eigenvalue weighted by Crippen LogP contribution is 2.43. The minimum Gasteiger partial charge on any atom is -0.324 e. The van der Waals surface area contributed by atoms with Gasteiger partial charge >= 0.3 is 0 Å². The maximum absolute atomic E-state index is 6.33. The number of hydrogen-bond donors (Lipinski definition) is 1. The van der Waals surface area contributed by atoms with Crippen LogP contribution in [0.15, 0.2) is 24.3 Å². The summed E-state index contributed by atoms with van der Waals surface area (Å²) in [6.45, 7) is 9.02. The van der Waals surface area contributed by atoms with Crippen molar-refractivity contribution in [2.45, 2.75) is 33.7 Å². The molecule has 2 unspecified atom stereocenters. The molecule has 1 aromatic rings. The average Bonchev–Trinajstić information content (AvgIpc) is 2.18. The number of benzene rings is 1. The maximum Gasteiger partial charge on any atom is 0.0328 e. The molecule has 0 radical (unpaired) electrons. The summed E-state index contributed by atoms with van der Waals surface area (Å²) >= 11 is 0. The molecular formula is C15H21N. The zero-order valence-electron chi connectivity index (χ0n) is 10.6. The molecule has 1 aromatic carbocycles. The summed E-state index contributed by atoms with van der Waals surface area (Å²) in [6, 6.07) is 8.54. The molecule has 1 nitrogen and oxygen atoms in total. The van der Waals surface area contributed by atoms with Crippen LogP contribution in [0.5, 0.6) is 0 Å². The first-order valence-electron chi connectivity index (χ1n) is 5.90. The fourth-order valence-corrected chi connectivity index (χ4v) is 2.30. The summed E-state index contributed by atoms with van der Waals surface area (Å²) in [4.78, 5) is 0. The molecule has 0 aromatic heterocycles.